The number of rotatable bonds is 6. The van der Waals surface area contributed by atoms with Crippen LogP contribution < -0.4 is 9.47 Å². The first-order valence-corrected chi connectivity index (χ1v) is 8.49. The first kappa shape index (κ1) is 18.2. The lowest BCUT2D eigenvalue weighted by molar-refractivity contribution is 0.0782. The van der Waals surface area contributed by atoms with Crippen molar-refractivity contribution >= 4 is 5.91 Å². The van der Waals surface area contributed by atoms with Crippen LogP contribution in [0.15, 0.2) is 18.3 Å². The molecular weight excluding hydrogens is 336 g/mol. The Kier molecular flexibility index (Phi) is 5.41. The van der Waals surface area contributed by atoms with Crippen LogP contribution in [0.3, 0.4) is 0 Å². The van der Waals surface area contributed by atoms with Crippen LogP contribution in [0, 0.1) is 6.92 Å². The Labute approximate surface area is 152 Å². The molecule has 1 unspecified atom stereocenters. The summed E-state index contributed by atoms with van der Waals surface area (Å²) in [6.07, 6.45) is 2.71. The number of hydrogen-bond acceptors (Lipinski definition) is 6. The number of aromatic nitrogens is 3. The van der Waals surface area contributed by atoms with Crippen LogP contribution in [-0.4, -0.2) is 59.8 Å². The number of nitrogens with zero attached hydrogens (tertiary/aromatic N) is 4. The lowest BCUT2D eigenvalue weighted by Crippen LogP contribution is -2.30. The van der Waals surface area contributed by atoms with Gasteiger partial charge in [0.2, 0.25) is 11.8 Å². The van der Waals surface area contributed by atoms with Crippen molar-refractivity contribution in [1.82, 2.24) is 19.4 Å². The number of ether oxygens (including phenoxy) is 3. The summed E-state index contributed by atoms with van der Waals surface area (Å²) in [5, 5.41) is 0. The van der Waals surface area contributed by atoms with E-state index in [0.29, 0.717) is 31.1 Å². The van der Waals surface area contributed by atoms with Gasteiger partial charge in [-0.25, -0.2) is 4.98 Å². The number of imidazole rings is 1. The number of carbonyl (C=O) groups excluding carboxylic acids is 1. The van der Waals surface area contributed by atoms with E-state index >= 15 is 0 Å². The fourth-order valence-corrected chi connectivity index (χ4v) is 3.39. The van der Waals surface area contributed by atoms with Gasteiger partial charge in [0.05, 0.1) is 20.3 Å². The molecule has 140 valence electrons. The van der Waals surface area contributed by atoms with E-state index in [1.807, 2.05) is 18.0 Å². The van der Waals surface area contributed by atoms with Crippen molar-refractivity contribution in [3.63, 3.8) is 0 Å². The minimum Gasteiger partial charge on any atom is -0.481 e. The molecule has 1 amide bonds. The number of hydrogen-bond donors (Lipinski definition) is 0. The van der Waals surface area contributed by atoms with Crippen molar-refractivity contribution < 1.29 is 19.0 Å². The SMILES string of the molecule is COCc1ncc(C)n1C1CCN(C(=O)c2ccc(OC)nc2OC)C1. The number of aryl methyl sites for hydroxylation is 1. The topological polar surface area (TPSA) is 78.7 Å². The smallest absolute Gasteiger partial charge is 0.259 e. The maximum atomic E-state index is 13.0. The summed E-state index contributed by atoms with van der Waals surface area (Å²) in [7, 11) is 4.68. The van der Waals surface area contributed by atoms with Crippen molar-refractivity contribution in [3.8, 4) is 11.8 Å². The highest BCUT2D eigenvalue weighted by molar-refractivity contribution is 5.96. The monoisotopic (exact) mass is 360 g/mol. The van der Waals surface area contributed by atoms with Gasteiger partial charge in [-0.3, -0.25) is 4.79 Å². The van der Waals surface area contributed by atoms with Gasteiger partial charge in [0.25, 0.3) is 5.91 Å². The molecule has 26 heavy (non-hydrogen) atoms. The van der Waals surface area contributed by atoms with E-state index in [-0.39, 0.29) is 17.8 Å². The van der Waals surface area contributed by atoms with Crippen molar-refractivity contribution in [2.75, 3.05) is 34.4 Å². The predicted octanol–water partition coefficient (Wildman–Crippen LogP) is 1.84. The third-order valence-corrected chi connectivity index (χ3v) is 4.62. The molecule has 3 heterocycles. The highest BCUT2D eigenvalue weighted by atomic mass is 16.5. The normalized spacial score (nSPS) is 16.8. The lowest BCUT2D eigenvalue weighted by atomic mass is 10.2. The molecule has 1 saturated heterocycles. The Bertz CT molecular complexity index is 789. The summed E-state index contributed by atoms with van der Waals surface area (Å²) < 4.78 is 17.8. The third-order valence-electron chi connectivity index (χ3n) is 4.62. The van der Waals surface area contributed by atoms with Gasteiger partial charge in [-0.15, -0.1) is 0 Å². The molecule has 0 radical (unpaired) electrons. The Morgan fingerprint density at radius 2 is 2.08 bits per heavy atom. The van der Waals surface area contributed by atoms with Crippen LogP contribution in [0.25, 0.3) is 0 Å². The zero-order chi connectivity index (χ0) is 18.7. The van der Waals surface area contributed by atoms with Gasteiger partial charge < -0.3 is 23.7 Å². The summed E-state index contributed by atoms with van der Waals surface area (Å²) in [5.74, 6) is 1.48. The number of pyridine rings is 1. The van der Waals surface area contributed by atoms with Crippen molar-refractivity contribution in [3.05, 3.63) is 35.4 Å². The largest absolute Gasteiger partial charge is 0.481 e. The van der Waals surface area contributed by atoms with E-state index in [9.17, 15) is 4.79 Å². The van der Waals surface area contributed by atoms with Gasteiger partial charge in [-0.1, -0.05) is 0 Å². The first-order chi connectivity index (χ1) is 12.6. The van der Waals surface area contributed by atoms with Gasteiger partial charge in [0.15, 0.2) is 0 Å². The minimum atomic E-state index is -0.0921. The van der Waals surface area contributed by atoms with Crippen molar-refractivity contribution in [1.29, 1.82) is 0 Å². The Balaban J connectivity index is 1.79. The van der Waals surface area contributed by atoms with Crippen LogP contribution in [0.2, 0.25) is 0 Å². The second kappa shape index (κ2) is 7.74. The molecule has 0 N–H and O–H groups in total. The standard InChI is InChI=1S/C18H24N4O4/c1-12-9-19-15(11-24-2)22(12)13-7-8-21(10-13)18(23)14-5-6-16(25-3)20-17(14)26-4/h5-6,9,13H,7-8,10-11H2,1-4H3. The molecule has 0 bridgehead atoms. The Morgan fingerprint density at radius 1 is 1.27 bits per heavy atom. The van der Waals surface area contributed by atoms with Crippen LogP contribution in [0.1, 0.15) is 34.3 Å². The van der Waals surface area contributed by atoms with E-state index in [4.69, 9.17) is 14.2 Å². The summed E-state index contributed by atoms with van der Waals surface area (Å²) in [5.41, 5.74) is 1.51. The molecule has 2 aromatic heterocycles. The second-order valence-electron chi connectivity index (χ2n) is 6.22. The summed E-state index contributed by atoms with van der Waals surface area (Å²) in [6, 6.07) is 3.54. The highest BCUT2D eigenvalue weighted by Gasteiger charge is 2.31. The lowest BCUT2D eigenvalue weighted by Gasteiger charge is -2.20. The zero-order valence-corrected chi connectivity index (χ0v) is 15.6. The molecule has 1 aliphatic rings. The van der Waals surface area contributed by atoms with E-state index in [1.54, 1.807) is 19.2 Å². The number of likely N-dealkylation sites (tertiary alicyclic amines) is 1. The molecular formula is C18H24N4O4. The summed E-state index contributed by atoms with van der Waals surface area (Å²) in [4.78, 5) is 23.4. The van der Waals surface area contributed by atoms with E-state index in [2.05, 4.69) is 14.5 Å². The van der Waals surface area contributed by atoms with E-state index in [1.165, 1.54) is 14.2 Å². The molecule has 0 aliphatic carbocycles. The molecule has 0 spiro atoms. The van der Waals surface area contributed by atoms with Gasteiger partial charge in [0.1, 0.15) is 18.0 Å². The number of carbonyl (C=O) groups is 1. The third kappa shape index (κ3) is 3.37. The number of methoxy groups -OCH3 is 3. The molecule has 2 aromatic rings. The van der Waals surface area contributed by atoms with Crippen LogP contribution >= 0.6 is 0 Å². The van der Waals surface area contributed by atoms with Crippen LogP contribution in [-0.2, 0) is 11.3 Å². The second-order valence-corrected chi connectivity index (χ2v) is 6.22. The van der Waals surface area contributed by atoms with Crippen molar-refractivity contribution in [2.24, 2.45) is 0 Å². The van der Waals surface area contributed by atoms with Crippen LogP contribution in [0.4, 0.5) is 0 Å². The van der Waals surface area contributed by atoms with Gasteiger partial charge in [-0.2, -0.15) is 4.98 Å². The minimum absolute atomic E-state index is 0.0921. The molecule has 3 rings (SSSR count). The van der Waals surface area contributed by atoms with Gasteiger partial charge in [-0.05, 0) is 19.4 Å². The molecule has 8 heteroatoms. The molecule has 1 atom stereocenters. The summed E-state index contributed by atoms with van der Waals surface area (Å²) >= 11 is 0. The average Bonchev–Trinajstić information content (AvgIpc) is 3.27. The highest BCUT2D eigenvalue weighted by Crippen LogP contribution is 2.28. The maximum absolute atomic E-state index is 13.0. The zero-order valence-electron chi connectivity index (χ0n) is 15.6. The van der Waals surface area contributed by atoms with E-state index < -0.39 is 0 Å². The Hall–Kier alpha value is -2.61. The fourth-order valence-electron chi connectivity index (χ4n) is 3.39. The predicted molar refractivity (Wildman–Crippen MR) is 94.6 cm³/mol. The average molecular weight is 360 g/mol. The first-order valence-electron chi connectivity index (χ1n) is 8.49. The molecule has 0 saturated carbocycles. The summed E-state index contributed by atoms with van der Waals surface area (Å²) in [6.45, 7) is 3.76. The molecule has 1 fully saturated rings. The number of amides is 1. The Morgan fingerprint density at radius 3 is 2.77 bits per heavy atom. The van der Waals surface area contributed by atoms with Crippen molar-refractivity contribution in [2.45, 2.75) is 26.0 Å². The van der Waals surface area contributed by atoms with Gasteiger partial charge in [0, 0.05) is 38.2 Å². The fraction of sp³-hybridized carbons (Fsp3) is 0.500. The molecule has 8 nitrogen and oxygen atoms in total. The molecule has 0 aromatic carbocycles. The quantitative estimate of drug-likeness (QED) is 0.782. The van der Waals surface area contributed by atoms with Gasteiger partial charge >= 0.3 is 0 Å². The van der Waals surface area contributed by atoms with E-state index in [0.717, 1.165) is 17.9 Å². The maximum Gasteiger partial charge on any atom is 0.259 e. The molecule has 1 aliphatic heterocycles. The van der Waals surface area contributed by atoms with Crippen LogP contribution in [0.5, 0.6) is 11.8 Å².